The number of nitrogens with one attached hydrogen (secondary N) is 2. The number of anilines is 1. The first-order valence-corrected chi connectivity index (χ1v) is 11.2. The standard InChI is InChI=1S/C25H23F3N6O3/c1-15(35)29-12-13-34-23-19(32-22(24(34)36)16-6-8-18(37-2)9-7-16)10-11-21(33-23)30-14-17-4-3-5-20(31-17)25(26,27)28/h3-11H,12-14H2,1-2H3,(H,29,35)(H,30,33). The number of aromatic nitrogens is 4. The molecule has 9 nitrogen and oxygen atoms in total. The molecule has 0 saturated heterocycles. The van der Waals surface area contributed by atoms with Crippen molar-refractivity contribution in [2.24, 2.45) is 0 Å². The van der Waals surface area contributed by atoms with E-state index in [1.54, 1.807) is 43.5 Å². The van der Waals surface area contributed by atoms with Gasteiger partial charge in [0.05, 0.1) is 19.3 Å². The van der Waals surface area contributed by atoms with Gasteiger partial charge in [-0.3, -0.25) is 14.2 Å². The molecule has 4 aromatic rings. The van der Waals surface area contributed by atoms with Crippen LogP contribution in [0.15, 0.2) is 59.4 Å². The van der Waals surface area contributed by atoms with E-state index in [0.717, 1.165) is 6.07 Å². The van der Waals surface area contributed by atoms with Gasteiger partial charge in [-0.05, 0) is 48.5 Å². The van der Waals surface area contributed by atoms with Crippen molar-refractivity contribution in [2.45, 2.75) is 26.2 Å². The van der Waals surface area contributed by atoms with Crippen LogP contribution in [0.1, 0.15) is 18.3 Å². The fourth-order valence-corrected chi connectivity index (χ4v) is 3.62. The van der Waals surface area contributed by atoms with E-state index in [0.29, 0.717) is 22.6 Å². The number of hydrogen-bond acceptors (Lipinski definition) is 7. The smallest absolute Gasteiger partial charge is 0.433 e. The van der Waals surface area contributed by atoms with Crippen LogP contribution in [0.3, 0.4) is 0 Å². The molecule has 0 fully saturated rings. The predicted octanol–water partition coefficient (Wildman–Crippen LogP) is 3.63. The zero-order valence-electron chi connectivity index (χ0n) is 20.0. The molecule has 1 aromatic carbocycles. The quantitative estimate of drug-likeness (QED) is 0.371. The Balaban J connectivity index is 1.69. The summed E-state index contributed by atoms with van der Waals surface area (Å²) in [6.07, 6.45) is -4.55. The van der Waals surface area contributed by atoms with Gasteiger partial charge in [-0.1, -0.05) is 6.07 Å². The molecule has 0 aliphatic heterocycles. The van der Waals surface area contributed by atoms with Gasteiger partial charge < -0.3 is 15.4 Å². The molecular formula is C25H23F3N6O3. The monoisotopic (exact) mass is 512 g/mol. The lowest BCUT2D eigenvalue weighted by atomic mass is 10.1. The molecule has 0 atom stereocenters. The fraction of sp³-hybridized carbons (Fsp3) is 0.240. The number of pyridine rings is 2. The second-order valence-corrected chi connectivity index (χ2v) is 8.03. The number of carbonyl (C=O) groups is 1. The summed E-state index contributed by atoms with van der Waals surface area (Å²) in [6.45, 7) is 1.67. The Hall–Kier alpha value is -4.48. The van der Waals surface area contributed by atoms with Gasteiger partial charge in [-0.15, -0.1) is 0 Å². The van der Waals surface area contributed by atoms with Crippen LogP contribution in [-0.2, 0) is 24.1 Å². The number of benzene rings is 1. The van der Waals surface area contributed by atoms with E-state index in [1.165, 1.54) is 23.6 Å². The second-order valence-electron chi connectivity index (χ2n) is 8.03. The predicted molar refractivity (Wildman–Crippen MR) is 131 cm³/mol. The molecule has 0 radical (unpaired) electrons. The number of alkyl halides is 3. The maximum atomic E-state index is 13.4. The number of rotatable bonds is 8. The van der Waals surface area contributed by atoms with Gasteiger partial charge in [0.2, 0.25) is 5.91 Å². The third kappa shape index (κ3) is 6.02. The molecule has 3 heterocycles. The molecule has 0 bridgehead atoms. The Morgan fingerprint density at radius 1 is 1.03 bits per heavy atom. The van der Waals surface area contributed by atoms with E-state index < -0.39 is 17.4 Å². The van der Waals surface area contributed by atoms with Gasteiger partial charge >= 0.3 is 6.18 Å². The number of methoxy groups -OCH3 is 1. The van der Waals surface area contributed by atoms with Crippen molar-refractivity contribution in [1.29, 1.82) is 0 Å². The number of fused-ring (bicyclic) bond motifs is 1. The van der Waals surface area contributed by atoms with Gasteiger partial charge in [0.15, 0.2) is 5.65 Å². The van der Waals surface area contributed by atoms with E-state index >= 15 is 0 Å². The number of halogens is 3. The van der Waals surface area contributed by atoms with E-state index in [4.69, 9.17) is 4.74 Å². The zero-order chi connectivity index (χ0) is 26.6. The lowest BCUT2D eigenvalue weighted by Gasteiger charge is -2.14. The molecule has 192 valence electrons. The van der Waals surface area contributed by atoms with E-state index in [1.807, 2.05) is 0 Å². The summed E-state index contributed by atoms with van der Waals surface area (Å²) in [6, 6.07) is 13.8. The van der Waals surface area contributed by atoms with Crippen molar-refractivity contribution in [2.75, 3.05) is 19.0 Å². The Kier molecular flexibility index (Phi) is 7.37. The van der Waals surface area contributed by atoms with E-state index in [-0.39, 0.29) is 42.6 Å². The summed E-state index contributed by atoms with van der Waals surface area (Å²) >= 11 is 0. The lowest BCUT2D eigenvalue weighted by Crippen LogP contribution is -2.31. The zero-order valence-corrected chi connectivity index (χ0v) is 20.0. The summed E-state index contributed by atoms with van der Waals surface area (Å²) in [5, 5.41) is 5.60. The summed E-state index contributed by atoms with van der Waals surface area (Å²) in [5.41, 5.74) is 0.248. The molecule has 0 aliphatic rings. The van der Waals surface area contributed by atoms with Gasteiger partial charge in [-0.25, -0.2) is 15.0 Å². The van der Waals surface area contributed by atoms with Crippen molar-refractivity contribution >= 4 is 22.9 Å². The fourth-order valence-electron chi connectivity index (χ4n) is 3.62. The van der Waals surface area contributed by atoms with Crippen molar-refractivity contribution in [3.63, 3.8) is 0 Å². The molecule has 0 spiro atoms. The summed E-state index contributed by atoms with van der Waals surface area (Å²) in [4.78, 5) is 37.4. The highest BCUT2D eigenvalue weighted by atomic mass is 19.4. The summed E-state index contributed by atoms with van der Waals surface area (Å²) in [7, 11) is 1.54. The Labute approximate surface area is 209 Å². The Morgan fingerprint density at radius 3 is 2.46 bits per heavy atom. The average molecular weight is 512 g/mol. The minimum atomic E-state index is -4.55. The summed E-state index contributed by atoms with van der Waals surface area (Å²) in [5.74, 6) is 0.701. The first-order chi connectivity index (χ1) is 17.7. The second kappa shape index (κ2) is 10.6. The molecule has 4 rings (SSSR count). The number of ether oxygens (including phenoxy) is 1. The van der Waals surface area contributed by atoms with Crippen molar-refractivity contribution in [1.82, 2.24) is 24.8 Å². The highest BCUT2D eigenvalue weighted by Gasteiger charge is 2.32. The maximum absolute atomic E-state index is 13.4. The number of nitrogens with zero attached hydrogens (tertiary/aromatic N) is 4. The Morgan fingerprint density at radius 2 is 1.78 bits per heavy atom. The van der Waals surface area contributed by atoms with Crippen molar-refractivity contribution in [3.05, 3.63) is 76.3 Å². The largest absolute Gasteiger partial charge is 0.497 e. The number of amides is 1. The molecule has 37 heavy (non-hydrogen) atoms. The molecule has 0 unspecified atom stereocenters. The van der Waals surface area contributed by atoms with Crippen LogP contribution in [0.2, 0.25) is 0 Å². The lowest BCUT2D eigenvalue weighted by molar-refractivity contribution is -0.141. The molecule has 0 aliphatic carbocycles. The van der Waals surface area contributed by atoms with Crippen molar-refractivity contribution < 1.29 is 22.7 Å². The highest BCUT2D eigenvalue weighted by Crippen LogP contribution is 2.27. The number of carbonyl (C=O) groups excluding carboxylic acids is 1. The van der Waals surface area contributed by atoms with Gasteiger partial charge in [0, 0.05) is 25.6 Å². The normalized spacial score (nSPS) is 11.4. The first-order valence-electron chi connectivity index (χ1n) is 11.2. The molecule has 3 aromatic heterocycles. The average Bonchev–Trinajstić information content (AvgIpc) is 2.88. The number of hydrogen-bond donors (Lipinski definition) is 2. The van der Waals surface area contributed by atoms with Crippen LogP contribution in [-0.4, -0.2) is 39.1 Å². The SMILES string of the molecule is COc1ccc(-c2nc3ccc(NCc4cccc(C(F)(F)F)n4)nc3n(CCNC(C)=O)c2=O)cc1. The van der Waals surface area contributed by atoms with Gasteiger partial charge in [-0.2, -0.15) is 13.2 Å². The minimum Gasteiger partial charge on any atom is -0.497 e. The third-order valence-corrected chi connectivity index (χ3v) is 5.41. The molecule has 2 N–H and O–H groups in total. The maximum Gasteiger partial charge on any atom is 0.433 e. The minimum absolute atomic E-state index is 0.0179. The van der Waals surface area contributed by atoms with Gasteiger partial charge in [0.25, 0.3) is 5.56 Å². The van der Waals surface area contributed by atoms with Gasteiger partial charge in [0.1, 0.15) is 28.5 Å². The van der Waals surface area contributed by atoms with Crippen LogP contribution >= 0.6 is 0 Å². The molecule has 1 amide bonds. The van der Waals surface area contributed by atoms with Crippen LogP contribution in [0.4, 0.5) is 19.0 Å². The van der Waals surface area contributed by atoms with E-state index in [9.17, 15) is 22.8 Å². The van der Waals surface area contributed by atoms with Crippen LogP contribution < -0.4 is 20.9 Å². The summed E-state index contributed by atoms with van der Waals surface area (Å²) < 4.78 is 45.5. The Bertz CT molecular complexity index is 1490. The topological polar surface area (TPSA) is 111 Å². The molecule has 12 heteroatoms. The van der Waals surface area contributed by atoms with Crippen LogP contribution in [0, 0.1) is 0 Å². The molecular weight excluding hydrogens is 489 g/mol. The third-order valence-electron chi connectivity index (χ3n) is 5.41. The van der Waals surface area contributed by atoms with E-state index in [2.05, 4.69) is 25.6 Å². The van der Waals surface area contributed by atoms with Crippen LogP contribution in [0.5, 0.6) is 5.75 Å². The highest BCUT2D eigenvalue weighted by molar-refractivity contribution is 5.76. The van der Waals surface area contributed by atoms with Crippen molar-refractivity contribution in [3.8, 4) is 17.0 Å². The first kappa shape index (κ1) is 25.6. The molecule has 0 saturated carbocycles. The van der Waals surface area contributed by atoms with Crippen LogP contribution in [0.25, 0.3) is 22.4 Å².